The van der Waals surface area contributed by atoms with E-state index in [2.05, 4.69) is 20.5 Å². The van der Waals surface area contributed by atoms with E-state index in [1.54, 1.807) is 15.7 Å². The Morgan fingerprint density at radius 2 is 1.81 bits per heavy atom. The van der Waals surface area contributed by atoms with Gasteiger partial charge in [0.15, 0.2) is 11.2 Å². The zero-order valence-corrected chi connectivity index (χ0v) is 14.5. The van der Waals surface area contributed by atoms with Crippen molar-refractivity contribution < 1.29 is 9.79 Å². The van der Waals surface area contributed by atoms with E-state index in [-0.39, 0.29) is 5.88 Å². The third-order valence-corrected chi connectivity index (χ3v) is 4.46. The van der Waals surface area contributed by atoms with Gasteiger partial charge < -0.3 is 5.11 Å². The van der Waals surface area contributed by atoms with Gasteiger partial charge in [0, 0.05) is 0 Å². The van der Waals surface area contributed by atoms with E-state index in [1.807, 2.05) is 61.5 Å². The molecule has 0 aliphatic heterocycles. The van der Waals surface area contributed by atoms with Gasteiger partial charge in [-0.1, -0.05) is 67.5 Å². The van der Waals surface area contributed by atoms with Gasteiger partial charge >= 0.3 is 5.65 Å². The molecule has 0 unspecified atom stereocenters. The highest BCUT2D eigenvalue weighted by molar-refractivity contribution is 5.89. The molecule has 8 heteroatoms. The fraction of sp³-hybridized carbons (Fsp3) is 0.105. The van der Waals surface area contributed by atoms with Crippen LogP contribution in [0, 0.1) is 6.92 Å². The summed E-state index contributed by atoms with van der Waals surface area (Å²) < 4.78 is 4.69. The van der Waals surface area contributed by atoms with Crippen molar-refractivity contribution in [3.05, 3.63) is 72.1 Å². The van der Waals surface area contributed by atoms with E-state index in [4.69, 9.17) is 0 Å². The van der Waals surface area contributed by atoms with Crippen molar-refractivity contribution >= 4 is 16.7 Å². The zero-order chi connectivity index (χ0) is 18.4. The van der Waals surface area contributed by atoms with Crippen molar-refractivity contribution in [2.75, 3.05) is 0 Å². The molecule has 0 spiro atoms. The van der Waals surface area contributed by atoms with Crippen molar-refractivity contribution in [3.8, 4) is 11.6 Å². The van der Waals surface area contributed by atoms with E-state index in [9.17, 15) is 5.11 Å². The number of benzene rings is 2. The first-order valence-electron chi connectivity index (χ1n) is 8.51. The van der Waals surface area contributed by atoms with Gasteiger partial charge in [0.2, 0.25) is 0 Å². The van der Waals surface area contributed by atoms with Gasteiger partial charge in [0.25, 0.3) is 6.33 Å². The molecule has 0 fully saturated rings. The summed E-state index contributed by atoms with van der Waals surface area (Å²) in [5.74, 6) is -0.382. The lowest BCUT2D eigenvalue weighted by molar-refractivity contribution is -0.655. The number of hydrogen-bond donors (Lipinski definition) is 0. The van der Waals surface area contributed by atoms with E-state index < -0.39 is 0 Å². The summed E-state index contributed by atoms with van der Waals surface area (Å²) in [6.07, 6.45) is 1.66. The minimum Gasteiger partial charge on any atom is -0.854 e. The molecule has 0 aliphatic rings. The lowest BCUT2D eigenvalue weighted by Gasteiger charge is -2.07. The van der Waals surface area contributed by atoms with Crippen LogP contribution in [0.3, 0.4) is 0 Å². The van der Waals surface area contributed by atoms with Crippen LogP contribution in [0.1, 0.15) is 11.1 Å². The van der Waals surface area contributed by atoms with Crippen LogP contribution >= 0.6 is 0 Å². The SMILES string of the molecule is Cc1ccc(Cn2nnc3c2c([O-])nn2c[n+](-c4ccccc4)nc32)cc1. The third-order valence-electron chi connectivity index (χ3n) is 4.46. The predicted octanol–water partition coefficient (Wildman–Crippen LogP) is 1.18. The Hall–Kier alpha value is -3.81. The highest BCUT2D eigenvalue weighted by Gasteiger charge is 2.20. The monoisotopic (exact) mass is 357 g/mol. The lowest BCUT2D eigenvalue weighted by atomic mass is 10.1. The number of aryl methyl sites for hydroxylation is 1. The van der Waals surface area contributed by atoms with Crippen molar-refractivity contribution in [2.45, 2.75) is 13.5 Å². The predicted molar refractivity (Wildman–Crippen MR) is 95.3 cm³/mol. The Balaban J connectivity index is 1.64. The molecule has 5 rings (SSSR count). The second-order valence-electron chi connectivity index (χ2n) is 6.40. The average molecular weight is 357 g/mol. The second-order valence-corrected chi connectivity index (χ2v) is 6.40. The molecule has 27 heavy (non-hydrogen) atoms. The minimum absolute atomic E-state index is 0.355. The Labute approximate surface area is 153 Å². The van der Waals surface area contributed by atoms with Crippen molar-refractivity contribution in [2.24, 2.45) is 0 Å². The number of nitrogens with zero attached hydrogens (tertiary/aromatic N) is 7. The Morgan fingerprint density at radius 3 is 2.59 bits per heavy atom. The van der Waals surface area contributed by atoms with Crippen LogP contribution in [0.4, 0.5) is 0 Å². The van der Waals surface area contributed by atoms with Crippen LogP contribution in [0.5, 0.6) is 5.88 Å². The summed E-state index contributed by atoms with van der Waals surface area (Å²) in [5, 5.41) is 29.6. The molecule has 3 aromatic heterocycles. The molecule has 8 nitrogen and oxygen atoms in total. The number of para-hydroxylation sites is 1. The Kier molecular flexibility index (Phi) is 3.36. The van der Waals surface area contributed by atoms with Gasteiger partial charge in [-0.25, -0.2) is 4.68 Å². The van der Waals surface area contributed by atoms with Crippen LogP contribution in [0.2, 0.25) is 0 Å². The highest BCUT2D eigenvalue weighted by Crippen LogP contribution is 2.21. The normalized spacial score (nSPS) is 11.4. The molecule has 5 aromatic rings. The molecule has 0 aliphatic carbocycles. The molecule has 2 aromatic carbocycles. The number of fused-ring (bicyclic) bond motifs is 3. The van der Waals surface area contributed by atoms with Crippen LogP contribution < -0.4 is 9.79 Å². The summed E-state index contributed by atoms with van der Waals surface area (Å²) in [6, 6.07) is 17.7. The second kappa shape index (κ2) is 5.87. The summed E-state index contributed by atoms with van der Waals surface area (Å²) in [7, 11) is 0. The maximum absolute atomic E-state index is 12.6. The van der Waals surface area contributed by atoms with Crippen molar-refractivity contribution in [3.63, 3.8) is 0 Å². The maximum atomic E-state index is 12.6. The molecule has 0 N–H and O–H groups in total. The quantitative estimate of drug-likeness (QED) is 0.453. The van der Waals surface area contributed by atoms with Crippen LogP contribution in [0.15, 0.2) is 60.9 Å². The fourth-order valence-electron chi connectivity index (χ4n) is 3.06. The summed E-state index contributed by atoms with van der Waals surface area (Å²) in [6.45, 7) is 2.48. The number of rotatable bonds is 3. The standard InChI is InChI=1S/C19H15N7O/c1-13-7-9-14(10-8-13)11-24-17-16(20-23-24)18-21-25(12-26(18)22-19(17)27)15-5-3-2-4-6-15/h2-10,12H,11H2,1H3. The van der Waals surface area contributed by atoms with Crippen LogP contribution in [0.25, 0.3) is 22.4 Å². The number of aromatic nitrogens is 7. The molecule has 0 radical (unpaired) electrons. The van der Waals surface area contributed by atoms with Gasteiger partial charge in [-0.3, -0.25) is 0 Å². The van der Waals surface area contributed by atoms with Crippen molar-refractivity contribution in [1.82, 2.24) is 29.7 Å². The molecule has 0 bridgehead atoms. The zero-order valence-electron chi connectivity index (χ0n) is 14.5. The van der Waals surface area contributed by atoms with E-state index in [0.717, 1.165) is 11.3 Å². The van der Waals surface area contributed by atoms with Crippen LogP contribution in [-0.4, -0.2) is 29.7 Å². The molecule has 0 atom stereocenters. The average Bonchev–Trinajstić information content (AvgIpc) is 3.29. The molecule has 0 saturated heterocycles. The summed E-state index contributed by atoms with van der Waals surface area (Å²) in [5.41, 5.74) is 4.37. The van der Waals surface area contributed by atoms with Gasteiger partial charge in [0.1, 0.15) is 5.52 Å². The molecule has 0 saturated carbocycles. The van der Waals surface area contributed by atoms with Gasteiger partial charge in [-0.2, -0.15) is 0 Å². The molecular formula is C19H15N7O. The largest absolute Gasteiger partial charge is 0.854 e. The van der Waals surface area contributed by atoms with Crippen LogP contribution in [-0.2, 0) is 6.54 Å². The van der Waals surface area contributed by atoms with E-state index in [0.29, 0.717) is 23.2 Å². The van der Waals surface area contributed by atoms with Gasteiger partial charge in [-0.05, 0) is 29.7 Å². The summed E-state index contributed by atoms with van der Waals surface area (Å²) in [4.78, 5) is 0. The van der Waals surface area contributed by atoms with Crippen molar-refractivity contribution in [1.29, 1.82) is 0 Å². The lowest BCUT2D eigenvalue weighted by Crippen LogP contribution is -2.31. The third kappa shape index (κ3) is 2.58. The molecular weight excluding hydrogens is 342 g/mol. The molecule has 132 valence electrons. The summed E-state index contributed by atoms with van der Waals surface area (Å²) >= 11 is 0. The Morgan fingerprint density at radius 1 is 1.04 bits per heavy atom. The first-order valence-corrected chi connectivity index (χ1v) is 8.51. The minimum atomic E-state index is -0.382. The van der Waals surface area contributed by atoms with E-state index in [1.165, 1.54) is 10.1 Å². The smallest absolute Gasteiger partial charge is 0.316 e. The molecule has 0 amide bonds. The van der Waals surface area contributed by atoms with E-state index >= 15 is 0 Å². The maximum Gasteiger partial charge on any atom is 0.316 e. The first-order chi connectivity index (χ1) is 13.2. The van der Waals surface area contributed by atoms with Gasteiger partial charge in [0.05, 0.1) is 12.4 Å². The highest BCUT2D eigenvalue weighted by atomic mass is 16.3. The van der Waals surface area contributed by atoms with Gasteiger partial charge in [-0.15, -0.1) is 5.10 Å². The first kappa shape index (κ1) is 15.4. The topological polar surface area (TPSA) is 87.8 Å². The number of hydrogen-bond acceptors (Lipinski definition) is 5. The Bertz CT molecular complexity index is 1260. The molecule has 3 heterocycles. The fourth-order valence-corrected chi connectivity index (χ4v) is 3.06.